The van der Waals surface area contributed by atoms with Crippen molar-refractivity contribution in [1.82, 2.24) is 9.55 Å². The molecule has 0 N–H and O–H groups in total. The van der Waals surface area contributed by atoms with E-state index in [1.165, 1.54) is 0 Å². The van der Waals surface area contributed by atoms with Gasteiger partial charge in [-0.25, -0.2) is 0 Å². The standard InChI is InChI=1S/C8H10N3O.Ir/c1-11-6-9-5-7(11)8-10-3-2-4-12-8;/h6H,2-4H2,1H3;/q-1;. The summed E-state index contributed by atoms with van der Waals surface area (Å²) in [6.45, 7) is 1.59. The summed E-state index contributed by atoms with van der Waals surface area (Å²) in [5.74, 6) is 0.668. The SMILES string of the molecule is Cn1cn[c-]c1C1=NCCCO1.[Ir]. The van der Waals surface area contributed by atoms with E-state index in [9.17, 15) is 0 Å². The van der Waals surface area contributed by atoms with Crippen LogP contribution in [0.4, 0.5) is 0 Å². The van der Waals surface area contributed by atoms with Crippen molar-refractivity contribution < 1.29 is 24.8 Å². The van der Waals surface area contributed by atoms with Crippen LogP contribution in [0.2, 0.25) is 0 Å². The minimum atomic E-state index is 0. The molecule has 0 bridgehead atoms. The molecule has 2 heterocycles. The van der Waals surface area contributed by atoms with Crippen LogP contribution in [-0.4, -0.2) is 28.6 Å². The smallest absolute Gasteiger partial charge is 0.129 e. The molecule has 1 aromatic heterocycles. The average molecular weight is 356 g/mol. The molecule has 1 radical (unpaired) electrons. The van der Waals surface area contributed by atoms with Crippen molar-refractivity contribution in [3.8, 4) is 0 Å². The Morgan fingerprint density at radius 2 is 2.46 bits per heavy atom. The fourth-order valence-electron chi connectivity index (χ4n) is 1.11. The number of rotatable bonds is 1. The van der Waals surface area contributed by atoms with Gasteiger partial charge in [-0.1, -0.05) is 6.20 Å². The van der Waals surface area contributed by atoms with Gasteiger partial charge in [-0.05, 0) is 25.5 Å². The molecule has 0 fully saturated rings. The van der Waals surface area contributed by atoms with Crippen molar-refractivity contribution in [1.29, 1.82) is 0 Å². The van der Waals surface area contributed by atoms with Gasteiger partial charge >= 0.3 is 0 Å². The van der Waals surface area contributed by atoms with Crippen LogP contribution in [0.3, 0.4) is 0 Å². The second-order valence-corrected chi connectivity index (χ2v) is 2.70. The summed E-state index contributed by atoms with van der Waals surface area (Å²) in [5, 5.41) is 0. The van der Waals surface area contributed by atoms with Crippen molar-refractivity contribution in [3.63, 3.8) is 0 Å². The van der Waals surface area contributed by atoms with Crippen LogP contribution in [0.1, 0.15) is 12.1 Å². The van der Waals surface area contributed by atoms with Crippen LogP contribution in [0, 0.1) is 6.20 Å². The van der Waals surface area contributed by atoms with E-state index in [1.54, 1.807) is 6.33 Å². The Labute approximate surface area is 90.4 Å². The molecule has 0 unspecified atom stereocenters. The van der Waals surface area contributed by atoms with Gasteiger partial charge in [0, 0.05) is 26.7 Å². The maximum absolute atomic E-state index is 5.36. The van der Waals surface area contributed by atoms with Crippen LogP contribution in [0.5, 0.6) is 0 Å². The molecule has 2 rings (SSSR count). The number of aryl methyl sites for hydroxylation is 1. The van der Waals surface area contributed by atoms with E-state index in [2.05, 4.69) is 16.2 Å². The molecule has 0 aliphatic carbocycles. The quantitative estimate of drug-likeness (QED) is 0.683. The summed E-state index contributed by atoms with van der Waals surface area (Å²) in [6, 6.07) is 0. The van der Waals surface area contributed by atoms with Crippen LogP contribution >= 0.6 is 0 Å². The zero-order chi connectivity index (χ0) is 8.39. The van der Waals surface area contributed by atoms with Crippen LogP contribution in [0.15, 0.2) is 11.3 Å². The number of hydrogen-bond acceptors (Lipinski definition) is 3. The van der Waals surface area contributed by atoms with Gasteiger partial charge in [0.05, 0.1) is 6.61 Å². The summed E-state index contributed by atoms with van der Waals surface area (Å²) >= 11 is 0. The third-order valence-electron chi connectivity index (χ3n) is 1.75. The van der Waals surface area contributed by atoms with Crippen molar-refractivity contribution in [2.75, 3.05) is 13.2 Å². The van der Waals surface area contributed by atoms with E-state index in [0.717, 1.165) is 25.3 Å². The maximum Gasteiger partial charge on any atom is 0.129 e. The minimum Gasteiger partial charge on any atom is -0.532 e. The molecule has 13 heavy (non-hydrogen) atoms. The van der Waals surface area contributed by atoms with Crippen molar-refractivity contribution in [2.45, 2.75) is 6.42 Å². The Bertz CT molecular complexity index is 308. The molecule has 0 atom stereocenters. The van der Waals surface area contributed by atoms with Crippen LogP contribution in [-0.2, 0) is 31.9 Å². The van der Waals surface area contributed by atoms with Gasteiger partial charge in [0.1, 0.15) is 5.90 Å². The molecule has 73 valence electrons. The second kappa shape index (κ2) is 4.53. The predicted molar refractivity (Wildman–Crippen MR) is 44.0 cm³/mol. The largest absolute Gasteiger partial charge is 0.532 e. The molecular formula is C8H10IrN3O-. The summed E-state index contributed by atoms with van der Waals surface area (Å²) in [5.41, 5.74) is 0.828. The molecule has 5 heteroatoms. The van der Waals surface area contributed by atoms with Gasteiger partial charge in [-0.15, -0.1) is 0 Å². The first-order chi connectivity index (χ1) is 5.88. The summed E-state index contributed by atoms with van der Waals surface area (Å²) in [7, 11) is 1.90. The third kappa shape index (κ3) is 2.17. The zero-order valence-corrected chi connectivity index (χ0v) is 9.68. The first kappa shape index (κ1) is 10.4. The van der Waals surface area contributed by atoms with E-state index in [0.29, 0.717) is 5.90 Å². The summed E-state index contributed by atoms with van der Waals surface area (Å²) < 4.78 is 7.21. The second-order valence-electron chi connectivity index (χ2n) is 2.70. The first-order valence-electron chi connectivity index (χ1n) is 3.94. The normalized spacial score (nSPS) is 15.6. The Kier molecular flexibility index (Phi) is 3.63. The van der Waals surface area contributed by atoms with E-state index < -0.39 is 0 Å². The van der Waals surface area contributed by atoms with Gasteiger partial charge in [0.2, 0.25) is 0 Å². The van der Waals surface area contributed by atoms with Gasteiger partial charge in [-0.2, -0.15) is 0 Å². The fourth-order valence-corrected chi connectivity index (χ4v) is 1.11. The number of ether oxygens (including phenoxy) is 1. The average Bonchev–Trinajstić information content (AvgIpc) is 2.53. The molecule has 0 spiro atoms. The minimum absolute atomic E-state index is 0. The van der Waals surface area contributed by atoms with Gasteiger partial charge in [0.15, 0.2) is 0 Å². The number of nitrogens with zero attached hydrogens (tertiary/aromatic N) is 3. The van der Waals surface area contributed by atoms with Gasteiger partial charge in [0.25, 0.3) is 0 Å². The Morgan fingerprint density at radius 1 is 1.62 bits per heavy atom. The maximum atomic E-state index is 5.36. The van der Waals surface area contributed by atoms with Crippen LogP contribution < -0.4 is 0 Å². The van der Waals surface area contributed by atoms with E-state index in [1.807, 2.05) is 11.6 Å². The van der Waals surface area contributed by atoms with E-state index in [-0.39, 0.29) is 20.1 Å². The number of hydrogen-bond donors (Lipinski definition) is 0. The number of imidazole rings is 1. The zero-order valence-electron chi connectivity index (χ0n) is 7.28. The Morgan fingerprint density at radius 3 is 3.00 bits per heavy atom. The summed E-state index contributed by atoms with van der Waals surface area (Å²) in [6.07, 6.45) is 5.52. The summed E-state index contributed by atoms with van der Waals surface area (Å²) in [4.78, 5) is 8.11. The molecule has 0 aromatic carbocycles. The molecule has 1 aliphatic rings. The molecule has 1 aliphatic heterocycles. The molecule has 0 saturated heterocycles. The van der Waals surface area contributed by atoms with Crippen molar-refractivity contribution in [3.05, 3.63) is 18.2 Å². The van der Waals surface area contributed by atoms with Crippen molar-refractivity contribution in [2.24, 2.45) is 12.0 Å². The van der Waals surface area contributed by atoms with E-state index >= 15 is 0 Å². The molecule has 4 nitrogen and oxygen atoms in total. The molecular weight excluding hydrogens is 346 g/mol. The fraction of sp³-hybridized carbons (Fsp3) is 0.500. The monoisotopic (exact) mass is 357 g/mol. The molecule has 0 amide bonds. The topological polar surface area (TPSA) is 39.4 Å². The first-order valence-corrected chi connectivity index (χ1v) is 3.94. The number of aliphatic imine (C=N–C) groups is 1. The Balaban J connectivity index is 0.000000845. The predicted octanol–water partition coefficient (Wildman–Crippen LogP) is 0.385. The van der Waals surface area contributed by atoms with Crippen molar-refractivity contribution >= 4 is 5.90 Å². The molecule has 0 saturated carbocycles. The third-order valence-corrected chi connectivity index (χ3v) is 1.75. The van der Waals surface area contributed by atoms with E-state index in [4.69, 9.17) is 4.74 Å². The number of aromatic nitrogens is 2. The van der Waals surface area contributed by atoms with Gasteiger partial charge < -0.3 is 19.3 Å². The Hall–Kier alpha value is -0.671. The molecule has 1 aromatic rings. The van der Waals surface area contributed by atoms with Gasteiger partial charge in [-0.3, -0.25) is 0 Å². The van der Waals surface area contributed by atoms with Crippen LogP contribution in [0.25, 0.3) is 0 Å².